The first-order valence-corrected chi connectivity index (χ1v) is 7.05. The highest BCUT2D eigenvalue weighted by Gasteiger charge is 2.20. The smallest absolute Gasteiger partial charge is 0.106 e. The van der Waals surface area contributed by atoms with Gasteiger partial charge < -0.3 is 10.5 Å². The maximum atomic E-state index is 5.61. The molecule has 1 aliphatic carbocycles. The standard InChI is InChI=1S/C12H21N3OS/c1-15(4-5-16-8-10-2-3-10)7-11-9-17-12(6-13)14-11/h9-10H,2-8,13H2,1H3. The lowest BCUT2D eigenvalue weighted by Crippen LogP contribution is -2.23. The molecule has 1 fully saturated rings. The highest BCUT2D eigenvalue weighted by molar-refractivity contribution is 7.09. The number of aromatic nitrogens is 1. The molecule has 1 saturated carbocycles. The molecule has 0 unspecified atom stereocenters. The van der Waals surface area contributed by atoms with Gasteiger partial charge in [0.15, 0.2) is 0 Å². The highest BCUT2D eigenvalue weighted by atomic mass is 32.1. The van der Waals surface area contributed by atoms with Gasteiger partial charge in [0.2, 0.25) is 0 Å². The molecular formula is C12H21N3OS. The molecule has 0 amide bonds. The summed E-state index contributed by atoms with van der Waals surface area (Å²) < 4.78 is 5.61. The summed E-state index contributed by atoms with van der Waals surface area (Å²) >= 11 is 1.64. The normalized spacial score (nSPS) is 15.7. The first kappa shape index (κ1) is 13.0. The number of ether oxygens (including phenoxy) is 1. The van der Waals surface area contributed by atoms with Crippen LogP contribution in [0.1, 0.15) is 23.5 Å². The fraction of sp³-hybridized carbons (Fsp3) is 0.750. The molecule has 17 heavy (non-hydrogen) atoms. The lowest BCUT2D eigenvalue weighted by atomic mass is 10.4. The van der Waals surface area contributed by atoms with Crippen molar-refractivity contribution in [2.45, 2.75) is 25.9 Å². The molecule has 0 aliphatic heterocycles. The molecule has 0 spiro atoms. The average molecular weight is 255 g/mol. The van der Waals surface area contributed by atoms with E-state index < -0.39 is 0 Å². The number of nitrogens with zero attached hydrogens (tertiary/aromatic N) is 2. The predicted molar refractivity (Wildman–Crippen MR) is 69.9 cm³/mol. The van der Waals surface area contributed by atoms with Crippen LogP contribution in [-0.4, -0.2) is 36.7 Å². The van der Waals surface area contributed by atoms with E-state index in [-0.39, 0.29) is 0 Å². The summed E-state index contributed by atoms with van der Waals surface area (Å²) in [6.45, 7) is 4.15. The van der Waals surface area contributed by atoms with E-state index in [9.17, 15) is 0 Å². The van der Waals surface area contributed by atoms with E-state index in [4.69, 9.17) is 10.5 Å². The molecule has 0 radical (unpaired) electrons. The Kier molecular flexibility index (Phi) is 4.91. The van der Waals surface area contributed by atoms with Crippen molar-refractivity contribution in [3.8, 4) is 0 Å². The van der Waals surface area contributed by atoms with Crippen LogP contribution in [0.2, 0.25) is 0 Å². The average Bonchev–Trinajstić information content (AvgIpc) is 3.04. The van der Waals surface area contributed by atoms with Crippen molar-refractivity contribution in [1.82, 2.24) is 9.88 Å². The van der Waals surface area contributed by atoms with Crippen molar-refractivity contribution in [2.75, 3.05) is 26.8 Å². The van der Waals surface area contributed by atoms with Gasteiger partial charge in [0.05, 0.1) is 12.3 Å². The molecule has 1 aromatic heterocycles. The number of hydrogen-bond donors (Lipinski definition) is 1. The van der Waals surface area contributed by atoms with E-state index >= 15 is 0 Å². The summed E-state index contributed by atoms with van der Waals surface area (Å²) in [4.78, 5) is 6.68. The molecule has 96 valence electrons. The second-order valence-corrected chi connectivity index (χ2v) is 5.64. The van der Waals surface area contributed by atoms with Crippen molar-refractivity contribution in [2.24, 2.45) is 11.7 Å². The van der Waals surface area contributed by atoms with Crippen LogP contribution >= 0.6 is 11.3 Å². The van der Waals surface area contributed by atoms with Gasteiger partial charge in [-0.2, -0.15) is 0 Å². The van der Waals surface area contributed by atoms with Gasteiger partial charge >= 0.3 is 0 Å². The molecule has 0 atom stereocenters. The van der Waals surface area contributed by atoms with Crippen LogP contribution in [0.3, 0.4) is 0 Å². The molecule has 1 aliphatic rings. The zero-order valence-corrected chi connectivity index (χ0v) is 11.2. The fourth-order valence-electron chi connectivity index (χ4n) is 1.63. The van der Waals surface area contributed by atoms with E-state index in [1.54, 1.807) is 11.3 Å². The molecule has 0 bridgehead atoms. The first-order chi connectivity index (χ1) is 8.28. The van der Waals surface area contributed by atoms with Gasteiger partial charge in [-0.15, -0.1) is 11.3 Å². The van der Waals surface area contributed by atoms with Gasteiger partial charge in [0.1, 0.15) is 5.01 Å². The van der Waals surface area contributed by atoms with E-state index in [1.165, 1.54) is 12.8 Å². The fourth-order valence-corrected chi connectivity index (χ4v) is 2.29. The van der Waals surface area contributed by atoms with Crippen molar-refractivity contribution < 1.29 is 4.74 Å². The molecule has 1 heterocycles. The summed E-state index contributed by atoms with van der Waals surface area (Å²) in [5.41, 5.74) is 6.65. The Hall–Kier alpha value is -0.490. The Labute approximate surface area is 107 Å². The van der Waals surface area contributed by atoms with Crippen LogP contribution in [0.5, 0.6) is 0 Å². The molecular weight excluding hydrogens is 234 g/mol. The minimum absolute atomic E-state index is 0.541. The Morgan fingerprint density at radius 1 is 1.59 bits per heavy atom. The third kappa shape index (κ3) is 4.71. The van der Waals surface area contributed by atoms with Gasteiger partial charge in [0.25, 0.3) is 0 Å². The molecule has 0 aromatic carbocycles. The topological polar surface area (TPSA) is 51.4 Å². The summed E-state index contributed by atoms with van der Waals surface area (Å²) in [5.74, 6) is 0.853. The van der Waals surface area contributed by atoms with Gasteiger partial charge in [-0.05, 0) is 25.8 Å². The van der Waals surface area contributed by atoms with Crippen molar-refractivity contribution in [3.05, 3.63) is 16.1 Å². The molecule has 1 aromatic rings. The van der Waals surface area contributed by atoms with Gasteiger partial charge in [-0.25, -0.2) is 4.98 Å². The second kappa shape index (κ2) is 6.44. The number of hydrogen-bond acceptors (Lipinski definition) is 5. The first-order valence-electron chi connectivity index (χ1n) is 6.17. The third-order valence-corrected chi connectivity index (χ3v) is 3.79. The monoisotopic (exact) mass is 255 g/mol. The third-order valence-electron chi connectivity index (χ3n) is 2.87. The van der Waals surface area contributed by atoms with Crippen LogP contribution in [0, 0.1) is 5.92 Å². The van der Waals surface area contributed by atoms with Gasteiger partial charge in [-0.1, -0.05) is 0 Å². The van der Waals surface area contributed by atoms with Crippen LogP contribution in [-0.2, 0) is 17.8 Å². The Morgan fingerprint density at radius 2 is 2.41 bits per heavy atom. The van der Waals surface area contributed by atoms with E-state index in [0.29, 0.717) is 6.54 Å². The zero-order valence-electron chi connectivity index (χ0n) is 10.4. The molecule has 0 saturated heterocycles. The second-order valence-electron chi connectivity index (χ2n) is 4.69. The van der Waals surface area contributed by atoms with Gasteiger partial charge in [-0.3, -0.25) is 4.90 Å². The van der Waals surface area contributed by atoms with E-state index in [1.807, 2.05) is 0 Å². The Balaban J connectivity index is 1.60. The number of thiazole rings is 1. The van der Waals surface area contributed by atoms with Crippen LogP contribution in [0.25, 0.3) is 0 Å². The van der Waals surface area contributed by atoms with Gasteiger partial charge in [0, 0.05) is 31.6 Å². The lowest BCUT2D eigenvalue weighted by Gasteiger charge is -2.15. The quantitative estimate of drug-likeness (QED) is 0.715. The summed E-state index contributed by atoms with van der Waals surface area (Å²) in [5, 5.41) is 3.10. The van der Waals surface area contributed by atoms with E-state index in [2.05, 4.69) is 22.3 Å². The Bertz CT molecular complexity index is 338. The molecule has 4 nitrogen and oxygen atoms in total. The van der Waals surface area contributed by atoms with E-state index in [0.717, 1.165) is 42.9 Å². The van der Waals surface area contributed by atoms with Crippen LogP contribution in [0.4, 0.5) is 0 Å². The maximum absolute atomic E-state index is 5.61. The molecule has 2 N–H and O–H groups in total. The predicted octanol–water partition coefficient (Wildman–Crippen LogP) is 1.46. The van der Waals surface area contributed by atoms with Crippen LogP contribution in [0.15, 0.2) is 5.38 Å². The number of rotatable bonds is 8. The maximum Gasteiger partial charge on any atom is 0.106 e. The van der Waals surface area contributed by atoms with Crippen molar-refractivity contribution in [1.29, 1.82) is 0 Å². The minimum Gasteiger partial charge on any atom is -0.380 e. The highest BCUT2D eigenvalue weighted by Crippen LogP contribution is 2.28. The molecule has 2 rings (SSSR count). The number of likely N-dealkylation sites (N-methyl/N-ethyl adjacent to an activating group) is 1. The van der Waals surface area contributed by atoms with Crippen LogP contribution < -0.4 is 5.73 Å². The minimum atomic E-state index is 0.541. The lowest BCUT2D eigenvalue weighted by molar-refractivity contribution is 0.101. The number of nitrogens with two attached hydrogens (primary N) is 1. The summed E-state index contributed by atoms with van der Waals surface area (Å²) in [6.07, 6.45) is 2.72. The zero-order chi connectivity index (χ0) is 12.1. The SMILES string of the molecule is CN(CCOCC1CC1)Cc1csc(CN)n1. The molecule has 5 heteroatoms. The van der Waals surface area contributed by atoms with Crippen molar-refractivity contribution in [3.63, 3.8) is 0 Å². The largest absolute Gasteiger partial charge is 0.380 e. The summed E-state index contributed by atoms with van der Waals surface area (Å²) in [6, 6.07) is 0. The summed E-state index contributed by atoms with van der Waals surface area (Å²) in [7, 11) is 2.10. The van der Waals surface area contributed by atoms with Crippen molar-refractivity contribution >= 4 is 11.3 Å². The Morgan fingerprint density at radius 3 is 3.06 bits per heavy atom.